The molecule has 2 amide bonds. The van der Waals surface area contributed by atoms with Crippen molar-refractivity contribution in [2.75, 3.05) is 26.2 Å². The second-order valence-electron chi connectivity index (χ2n) is 7.86. The average molecular weight is 357 g/mol. The van der Waals surface area contributed by atoms with E-state index in [1.807, 2.05) is 35.2 Å². The molecule has 0 radical (unpaired) electrons. The van der Waals surface area contributed by atoms with Crippen LogP contribution in [0.4, 0.5) is 0 Å². The molecular weight excluding hydrogens is 326 g/mol. The molecule has 0 aromatic heterocycles. The van der Waals surface area contributed by atoms with Crippen LogP contribution < -0.4 is 5.32 Å². The highest BCUT2D eigenvalue weighted by atomic mass is 16.2. The quantitative estimate of drug-likeness (QED) is 0.878. The Morgan fingerprint density at radius 2 is 1.85 bits per heavy atom. The number of carbonyl (C=O) groups is 2. The lowest BCUT2D eigenvalue weighted by Gasteiger charge is -2.38. The number of benzene rings is 1. The van der Waals surface area contributed by atoms with E-state index in [-0.39, 0.29) is 17.9 Å². The fraction of sp³-hybridized carbons (Fsp3) is 0.619. The maximum Gasteiger partial charge on any atom is 0.243 e. The molecular formula is C21H31N3O2. The Morgan fingerprint density at radius 1 is 1.15 bits per heavy atom. The third-order valence-electron chi connectivity index (χ3n) is 5.77. The predicted octanol–water partition coefficient (Wildman–Crippen LogP) is 2.07. The SMILES string of the molecule is CC(C)N1CCC(CC(=O)N2CCNC(=O)[C@H]2Cc2ccccc2)CC1. The Hall–Kier alpha value is -1.88. The molecule has 2 aliphatic heterocycles. The first kappa shape index (κ1) is 18.9. The van der Waals surface area contributed by atoms with Crippen molar-refractivity contribution in [2.24, 2.45) is 5.92 Å². The summed E-state index contributed by atoms with van der Waals surface area (Å²) in [6, 6.07) is 10.2. The molecule has 142 valence electrons. The minimum Gasteiger partial charge on any atom is -0.353 e. The van der Waals surface area contributed by atoms with Crippen molar-refractivity contribution in [3.05, 3.63) is 35.9 Å². The molecule has 2 fully saturated rings. The number of likely N-dealkylation sites (tertiary alicyclic amines) is 1. The zero-order chi connectivity index (χ0) is 18.5. The van der Waals surface area contributed by atoms with Crippen LogP contribution in [0.2, 0.25) is 0 Å². The van der Waals surface area contributed by atoms with E-state index in [0.717, 1.165) is 31.5 Å². The number of amides is 2. The van der Waals surface area contributed by atoms with E-state index in [0.29, 0.717) is 37.9 Å². The van der Waals surface area contributed by atoms with E-state index in [1.165, 1.54) is 0 Å². The molecule has 1 aromatic carbocycles. The minimum absolute atomic E-state index is 0.0249. The van der Waals surface area contributed by atoms with Gasteiger partial charge in [0.1, 0.15) is 6.04 Å². The molecule has 3 rings (SSSR count). The summed E-state index contributed by atoms with van der Waals surface area (Å²) in [6.07, 6.45) is 3.31. The highest BCUT2D eigenvalue weighted by Gasteiger charge is 2.34. The Morgan fingerprint density at radius 3 is 2.50 bits per heavy atom. The molecule has 0 unspecified atom stereocenters. The van der Waals surface area contributed by atoms with Gasteiger partial charge in [-0.25, -0.2) is 0 Å². The van der Waals surface area contributed by atoms with Gasteiger partial charge in [0, 0.05) is 32.0 Å². The summed E-state index contributed by atoms with van der Waals surface area (Å²) in [5, 5.41) is 2.92. The summed E-state index contributed by atoms with van der Waals surface area (Å²) in [5.74, 6) is 0.562. The Balaban J connectivity index is 1.60. The second-order valence-corrected chi connectivity index (χ2v) is 7.86. The summed E-state index contributed by atoms with van der Waals surface area (Å²) >= 11 is 0. The van der Waals surface area contributed by atoms with Crippen molar-refractivity contribution in [2.45, 2.75) is 51.6 Å². The van der Waals surface area contributed by atoms with Crippen LogP contribution in [0.25, 0.3) is 0 Å². The molecule has 1 atom stereocenters. The van der Waals surface area contributed by atoms with Gasteiger partial charge in [-0.05, 0) is 51.3 Å². The zero-order valence-electron chi connectivity index (χ0n) is 16.0. The highest BCUT2D eigenvalue weighted by molar-refractivity contribution is 5.89. The van der Waals surface area contributed by atoms with Gasteiger partial charge in [-0.2, -0.15) is 0 Å². The number of hydrogen-bond acceptors (Lipinski definition) is 3. The van der Waals surface area contributed by atoms with Crippen LogP contribution in [-0.2, 0) is 16.0 Å². The normalized spacial score (nSPS) is 22.5. The Labute approximate surface area is 156 Å². The van der Waals surface area contributed by atoms with Gasteiger partial charge >= 0.3 is 0 Å². The van der Waals surface area contributed by atoms with E-state index >= 15 is 0 Å². The first-order valence-electron chi connectivity index (χ1n) is 9.89. The van der Waals surface area contributed by atoms with Gasteiger partial charge in [0.25, 0.3) is 0 Å². The molecule has 1 N–H and O–H groups in total. The van der Waals surface area contributed by atoms with Crippen molar-refractivity contribution in [1.29, 1.82) is 0 Å². The lowest BCUT2D eigenvalue weighted by atomic mass is 9.91. The van der Waals surface area contributed by atoms with Gasteiger partial charge in [0.2, 0.25) is 11.8 Å². The topological polar surface area (TPSA) is 52.7 Å². The smallest absolute Gasteiger partial charge is 0.243 e. The van der Waals surface area contributed by atoms with Crippen molar-refractivity contribution >= 4 is 11.8 Å². The molecule has 5 heteroatoms. The number of rotatable bonds is 5. The second kappa shape index (κ2) is 8.67. The summed E-state index contributed by atoms with van der Waals surface area (Å²) in [7, 11) is 0. The van der Waals surface area contributed by atoms with Crippen LogP contribution in [0.15, 0.2) is 30.3 Å². The van der Waals surface area contributed by atoms with Crippen LogP contribution in [0.3, 0.4) is 0 Å². The molecule has 0 spiro atoms. The number of hydrogen-bond donors (Lipinski definition) is 1. The van der Waals surface area contributed by atoms with Crippen LogP contribution in [0.1, 0.15) is 38.7 Å². The maximum atomic E-state index is 13.0. The highest BCUT2D eigenvalue weighted by Crippen LogP contribution is 2.24. The van der Waals surface area contributed by atoms with Crippen molar-refractivity contribution in [3.63, 3.8) is 0 Å². The van der Waals surface area contributed by atoms with Crippen LogP contribution in [0.5, 0.6) is 0 Å². The summed E-state index contributed by atoms with van der Waals surface area (Å²) in [6.45, 7) is 7.78. The number of piperazine rings is 1. The maximum absolute atomic E-state index is 13.0. The van der Waals surface area contributed by atoms with Gasteiger partial charge in [-0.1, -0.05) is 30.3 Å². The van der Waals surface area contributed by atoms with Gasteiger partial charge in [-0.15, -0.1) is 0 Å². The summed E-state index contributed by atoms with van der Waals surface area (Å²) < 4.78 is 0. The minimum atomic E-state index is -0.380. The van der Waals surface area contributed by atoms with Gasteiger partial charge in [-0.3, -0.25) is 9.59 Å². The first-order valence-corrected chi connectivity index (χ1v) is 9.89. The Kier molecular flexibility index (Phi) is 6.30. The lowest BCUT2D eigenvalue weighted by Crippen LogP contribution is -2.58. The van der Waals surface area contributed by atoms with E-state index in [9.17, 15) is 9.59 Å². The number of piperidine rings is 1. The molecule has 0 aliphatic carbocycles. The zero-order valence-corrected chi connectivity index (χ0v) is 16.0. The van der Waals surface area contributed by atoms with Crippen molar-refractivity contribution < 1.29 is 9.59 Å². The lowest BCUT2D eigenvalue weighted by molar-refractivity contribution is -0.144. The summed E-state index contributed by atoms with van der Waals surface area (Å²) in [5.41, 5.74) is 1.09. The fourth-order valence-electron chi connectivity index (χ4n) is 4.09. The molecule has 2 aliphatic rings. The predicted molar refractivity (Wildman–Crippen MR) is 103 cm³/mol. The molecule has 0 saturated carbocycles. The average Bonchev–Trinajstić information content (AvgIpc) is 2.64. The van der Waals surface area contributed by atoms with Gasteiger partial charge in [0.05, 0.1) is 0 Å². The van der Waals surface area contributed by atoms with E-state index in [1.54, 1.807) is 0 Å². The first-order chi connectivity index (χ1) is 12.5. The molecule has 2 saturated heterocycles. The molecule has 2 heterocycles. The molecule has 0 bridgehead atoms. The number of carbonyl (C=O) groups excluding carboxylic acids is 2. The Bertz CT molecular complexity index is 609. The van der Waals surface area contributed by atoms with E-state index < -0.39 is 0 Å². The largest absolute Gasteiger partial charge is 0.353 e. The number of nitrogens with one attached hydrogen (secondary N) is 1. The fourth-order valence-corrected chi connectivity index (χ4v) is 4.09. The third-order valence-corrected chi connectivity index (χ3v) is 5.77. The summed E-state index contributed by atoms with van der Waals surface area (Å²) in [4.78, 5) is 29.7. The standard InChI is InChI=1S/C21H31N3O2/c1-16(2)23-11-8-18(9-12-23)15-20(25)24-13-10-22-21(26)19(24)14-17-6-4-3-5-7-17/h3-7,16,18-19H,8-15H2,1-2H3,(H,22,26)/t19-/m1/s1. The van der Waals surface area contributed by atoms with Crippen molar-refractivity contribution in [3.8, 4) is 0 Å². The van der Waals surface area contributed by atoms with Crippen LogP contribution in [-0.4, -0.2) is 59.9 Å². The van der Waals surface area contributed by atoms with Gasteiger partial charge < -0.3 is 15.1 Å². The van der Waals surface area contributed by atoms with E-state index in [4.69, 9.17) is 0 Å². The molecule has 26 heavy (non-hydrogen) atoms. The number of nitrogens with zero attached hydrogens (tertiary/aromatic N) is 2. The van der Waals surface area contributed by atoms with Gasteiger partial charge in [0.15, 0.2) is 0 Å². The molecule has 5 nitrogen and oxygen atoms in total. The monoisotopic (exact) mass is 357 g/mol. The molecule has 1 aromatic rings. The third kappa shape index (κ3) is 4.64. The van der Waals surface area contributed by atoms with Crippen LogP contribution >= 0.6 is 0 Å². The van der Waals surface area contributed by atoms with Crippen LogP contribution in [0, 0.1) is 5.92 Å². The van der Waals surface area contributed by atoms with Crippen molar-refractivity contribution in [1.82, 2.24) is 15.1 Å². The van der Waals surface area contributed by atoms with E-state index in [2.05, 4.69) is 24.1 Å².